The number of nitrogens with zero attached hydrogens (tertiary/aromatic N) is 2. The predicted octanol–water partition coefficient (Wildman–Crippen LogP) is 3.44. The number of benzodiazepines with no additional fused rings is 1. The van der Waals surface area contributed by atoms with Gasteiger partial charge in [0.25, 0.3) is 5.91 Å². The van der Waals surface area contributed by atoms with Crippen LogP contribution in [-0.2, 0) is 14.4 Å². The van der Waals surface area contributed by atoms with Crippen LogP contribution < -0.4 is 16.4 Å². The van der Waals surface area contributed by atoms with Crippen LogP contribution in [0.4, 0.5) is 18.9 Å². The molecule has 0 spiro atoms. The van der Waals surface area contributed by atoms with Crippen LogP contribution in [0.1, 0.15) is 41.1 Å². The minimum atomic E-state index is -4.61. The fraction of sp³-hybridized carbons (Fsp3) is 0.269. The van der Waals surface area contributed by atoms with Crippen molar-refractivity contribution in [2.24, 2.45) is 16.6 Å². The number of nitrogens with two attached hydrogens (primary N) is 1. The topological polar surface area (TPSA) is 140 Å². The third-order valence-corrected chi connectivity index (χ3v) is 6.18. The number of aryl methyl sites for hydroxylation is 1. The zero-order valence-corrected chi connectivity index (χ0v) is 20.2. The lowest BCUT2D eigenvalue weighted by Crippen LogP contribution is -2.47. The maximum absolute atomic E-state index is 13.5. The van der Waals surface area contributed by atoms with Crippen LogP contribution in [0.5, 0.6) is 0 Å². The number of benzene rings is 2. The van der Waals surface area contributed by atoms with Gasteiger partial charge < -0.3 is 20.9 Å². The molecule has 38 heavy (non-hydrogen) atoms. The Morgan fingerprint density at radius 2 is 1.82 bits per heavy atom. The molecule has 3 atom stereocenters. The average molecular weight is 528 g/mol. The van der Waals surface area contributed by atoms with E-state index in [0.717, 1.165) is 6.26 Å². The van der Waals surface area contributed by atoms with Crippen molar-refractivity contribution in [1.82, 2.24) is 10.5 Å². The second kappa shape index (κ2) is 10.9. The molecule has 1 aliphatic rings. The Bertz CT molecular complexity index is 1370. The number of anilines is 1. The van der Waals surface area contributed by atoms with Crippen LogP contribution in [0, 0.1) is 12.8 Å². The van der Waals surface area contributed by atoms with Crippen molar-refractivity contribution in [2.45, 2.75) is 38.0 Å². The summed E-state index contributed by atoms with van der Waals surface area (Å²) >= 11 is 0. The minimum absolute atomic E-state index is 0.0889. The maximum atomic E-state index is 13.5. The summed E-state index contributed by atoms with van der Waals surface area (Å²) in [5.41, 5.74) is 7.90. The zero-order chi connectivity index (χ0) is 27.4. The number of aromatic nitrogens is 1. The summed E-state index contributed by atoms with van der Waals surface area (Å²) in [6, 6.07) is 15.8. The van der Waals surface area contributed by atoms with Crippen molar-refractivity contribution in [3.05, 3.63) is 83.2 Å². The molecule has 12 heteroatoms. The molecule has 0 saturated carbocycles. The smallest absolute Gasteiger partial charge is 0.369 e. The lowest BCUT2D eigenvalue weighted by atomic mass is 9.82. The summed E-state index contributed by atoms with van der Waals surface area (Å²) in [5, 5.41) is 8.78. The van der Waals surface area contributed by atoms with Gasteiger partial charge >= 0.3 is 6.18 Å². The molecule has 0 bridgehead atoms. The van der Waals surface area contributed by atoms with Crippen molar-refractivity contribution in [3.8, 4) is 0 Å². The Morgan fingerprint density at radius 3 is 2.45 bits per heavy atom. The number of primary amides is 1. The van der Waals surface area contributed by atoms with E-state index in [1.54, 1.807) is 54.6 Å². The number of amides is 3. The van der Waals surface area contributed by atoms with Gasteiger partial charge in [0.2, 0.25) is 18.0 Å². The molecule has 1 aromatic heterocycles. The number of rotatable bonds is 8. The van der Waals surface area contributed by atoms with Gasteiger partial charge in [-0.3, -0.25) is 14.4 Å². The number of carbonyl (C=O) groups excluding carboxylic acids is 3. The monoisotopic (exact) mass is 527 g/mol. The molecule has 0 fully saturated rings. The first-order chi connectivity index (χ1) is 18.0. The summed E-state index contributed by atoms with van der Waals surface area (Å²) in [6.07, 6.45) is -7.17. The van der Waals surface area contributed by atoms with E-state index in [4.69, 9.17) is 10.3 Å². The number of halogens is 3. The first-order valence-corrected chi connectivity index (χ1v) is 11.7. The molecule has 0 saturated heterocycles. The second-order valence-electron chi connectivity index (χ2n) is 8.79. The third-order valence-electron chi connectivity index (χ3n) is 6.18. The molecule has 0 radical (unpaired) electrons. The highest BCUT2D eigenvalue weighted by atomic mass is 19.4. The Labute approximate surface area is 215 Å². The summed E-state index contributed by atoms with van der Waals surface area (Å²) in [7, 11) is 0. The Kier molecular flexibility index (Phi) is 7.60. The molecular weight excluding hydrogens is 503 g/mol. The molecule has 4 N–H and O–H groups in total. The lowest BCUT2D eigenvalue weighted by molar-refractivity contribution is -0.144. The van der Waals surface area contributed by atoms with Crippen LogP contribution >= 0.6 is 0 Å². The molecular formula is C26H24F3N5O4. The molecule has 4 rings (SSSR count). The average Bonchev–Trinajstić information content (AvgIpc) is 3.23. The van der Waals surface area contributed by atoms with Crippen molar-refractivity contribution in [3.63, 3.8) is 0 Å². The van der Waals surface area contributed by atoms with Gasteiger partial charge in [0.15, 0.2) is 0 Å². The van der Waals surface area contributed by atoms with Gasteiger partial charge in [-0.25, -0.2) is 4.99 Å². The van der Waals surface area contributed by atoms with Crippen molar-refractivity contribution >= 4 is 29.1 Å². The summed E-state index contributed by atoms with van der Waals surface area (Å²) < 4.78 is 44.3. The van der Waals surface area contributed by atoms with E-state index >= 15 is 0 Å². The number of fused-ring (bicyclic) bond motifs is 1. The number of aliphatic imine (C=N–C) groups is 1. The number of hydrogen-bond acceptors (Lipinski definition) is 6. The summed E-state index contributed by atoms with van der Waals surface area (Å²) in [5.74, 6) is -5.80. The van der Waals surface area contributed by atoms with E-state index in [9.17, 15) is 27.6 Å². The van der Waals surface area contributed by atoms with Gasteiger partial charge in [0, 0.05) is 23.1 Å². The molecule has 2 aromatic carbocycles. The zero-order valence-electron chi connectivity index (χ0n) is 20.2. The second-order valence-corrected chi connectivity index (χ2v) is 8.79. The van der Waals surface area contributed by atoms with Gasteiger partial charge in [-0.2, -0.15) is 13.2 Å². The normalized spacial score (nSPS) is 16.9. The van der Waals surface area contributed by atoms with Gasteiger partial charge in [-0.05, 0) is 19.4 Å². The fourth-order valence-electron chi connectivity index (χ4n) is 4.36. The van der Waals surface area contributed by atoms with Crippen LogP contribution in [0.15, 0.2) is 70.4 Å². The van der Waals surface area contributed by atoms with Gasteiger partial charge in [-0.15, -0.1) is 0 Å². The lowest BCUT2D eigenvalue weighted by Gasteiger charge is -2.25. The molecule has 3 amide bonds. The maximum Gasteiger partial charge on any atom is 0.389 e. The van der Waals surface area contributed by atoms with E-state index in [0.29, 0.717) is 22.5 Å². The van der Waals surface area contributed by atoms with Gasteiger partial charge in [0.1, 0.15) is 6.26 Å². The molecule has 3 aromatic rings. The third kappa shape index (κ3) is 5.90. The molecule has 1 aliphatic heterocycles. The van der Waals surface area contributed by atoms with Gasteiger partial charge in [0.05, 0.1) is 28.9 Å². The number of para-hydroxylation sites is 1. The van der Waals surface area contributed by atoms with E-state index in [1.807, 2.05) is 0 Å². The number of hydrogen-bond donors (Lipinski definition) is 3. The molecule has 0 aliphatic carbocycles. The van der Waals surface area contributed by atoms with Crippen LogP contribution in [0.25, 0.3) is 0 Å². The highest BCUT2D eigenvalue weighted by Gasteiger charge is 2.40. The van der Waals surface area contributed by atoms with E-state index in [-0.39, 0.29) is 11.3 Å². The molecule has 9 nitrogen and oxygen atoms in total. The van der Waals surface area contributed by atoms with Crippen molar-refractivity contribution in [2.75, 3.05) is 5.32 Å². The largest absolute Gasteiger partial charge is 0.389 e. The van der Waals surface area contributed by atoms with Crippen LogP contribution in [0.3, 0.4) is 0 Å². The van der Waals surface area contributed by atoms with Gasteiger partial charge in [-0.1, -0.05) is 53.7 Å². The van der Waals surface area contributed by atoms with Crippen LogP contribution in [0.2, 0.25) is 0 Å². The highest BCUT2D eigenvalue weighted by molar-refractivity contribution is 6.19. The van der Waals surface area contributed by atoms with E-state index in [2.05, 4.69) is 20.8 Å². The highest BCUT2D eigenvalue weighted by Crippen LogP contribution is 2.34. The van der Waals surface area contributed by atoms with E-state index in [1.165, 1.54) is 6.92 Å². The Hall–Kier alpha value is -4.48. The molecule has 198 valence electrons. The fourth-order valence-corrected chi connectivity index (χ4v) is 4.36. The van der Waals surface area contributed by atoms with Crippen LogP contribution in [-0.4, -0.2) is 40.9 Å². The van der Waals surface area contributed by atoms with E-state index < -0.39 is 54.7 Å². The minimum Gasteiger partial charge on any atom is -0.369 e. The molecule has 0 unspecified atom stereocenters. The van der Waals surface area contributed by atoms with Crippen molar-refractivity contribution < 1.29 is 32.1 Å². The first-order valence-electron chi connectivity index (χ1n) is 11.7. The SMILES string of the molecule is Cc1nocc1[C@H](C(N)=O)[C@@H](CCC(F)(F)F)C(=O)N[C@H]1N=C(c2ccccc2)c2ccccc2NC1=O. The number of alkyl halides is 3. The van der Waals surface area contributed by atoms with Crippen molar-refractivity contribution in [1.29, 1.82) is 0 Å². The summed E-state index contributed by atoms with van der Waals surface area (Å²) in [6.45, 7) is 1.47. The number of carbonyl (C=O) groups is 3. The standard InChI is InChI=1S/C26H24F3N5O4/c1-14-18(13-38-34-14)20(22(30)35)17(11-12-26(27,28)29)24(36)33-23-25(37)31-19-10-6-5-9-16(19)21(32-23)15-7-3-2-4-8-15/h2-10,13,17,20,23H,11-12H2,1H3,(H2,30,35)(H,31,37)(H,33,36)/t17-,20-,23-/m1/s1. The first kappa shape index (κ1) is 26.6. The Morgan fingerprint density at radius 1 is 1.13 bits per heavy atom. The summed E-state index contributed by atoms with van der Waals surface area (Å²) in [4.78, 5) is 43.4. The predicted molar refractivity (Wildman–Crippen MR) is 131 cm³/mol. The Balaban J connectivity index is 1.72. The quantitative estimate of drug-likeness (QED) is 0.412. The molecule has 2 heterocycles. The number of nitrogens with one attached hydrogen (secondary N) is 2.